The molecule has 2 unspecified atom stereocenters. The van der Waals surface area contributed by atoms with E-state index in [0.29, 0.717) is 12.5 Å². The van der Waals surface area contributed by atoms with Crippen molar-refractivity contribution in [2.45, 2.75) is 59.1 Å². The Balaban J connectivity index is 1.99. The highest BCUT2D eigenvalue weighted by Crippen LogP contribution is 2.29. The number of aliphatic hydroxyl groups is 1. The second-order valence-corrected chi connectivity index (χ2v) is 8.89. The Morgan fingerprint density at radius 3 is 2.65 bits per heavy atom. The fourth-order valence-electron chi connectivity index (χ4n) is 3.54. The Morgan fingerprint density at radius 2 is 2.08 bits per heavy atom. The molecule has 0 spiro atoms. The molecule has 146 valence electrons. The number of hydrogen-bond donors (Lipinski definition) is 1. The van der Waals surface area contributed by atoms with Crippen molar-refractivity contribution in [2.24, 2.45) is 11.8 Å². The highest BCUT2D eigenvalue weighted by molar-refractivity contribution is 6.31. The van der Waals surface area contributed by atoms with Crippen molar-refractivity contribution in [1.82, 2.24) is 4.90 Å². The summed E-state index contributed by atoms with van der Waals surface area (Å²) in [7, 11) is 0. The number of halogens is 1. The van der Waals surface area contributed by atoms with E-state index in [9.17, 15) is 9.90 Å². The zero-order valence-corrected chi connectivity index (χ0v) is 17.3. The number of carbonyl (C=O) groups excluding carboxylic acids is 1. The molecule has 0 bridgehead atoms. The van der Waals surface area contributed by atoms with Gasteiger partial charge in [-0.05, 0) is 83.0 Å². The van der Waals surface area contributed by atoms with E-state index in [0.717, 1.165) is 30.0 Å². The first-order valence-corrected chi connectivity index (χ1v) is 9.81. The summed E-state index contributed by atoms with van der Waals surface area (Å²) in [5, 5.41) is 10.7. The Hall–Kier alpha value is -1.10. The molecular weight excluding hydrogens is 350 g/mol. The summed E-state index contributed by atoms with van der Waals surface area (Å²) in [5.74, 6) is 0.340. The summed E-state index contributed by atoms with van der Waals surface area (Å²) in [4.78, 5) is 14.5. The predicted molar refractivity (Wildman–Crippen MR) is 105 cm³/mol. The highest BCUT2D eigenvalue weighted by atomic mass is 35.5. The van der Waals surface area contributed by atoms with Crippen LogP contribution in [0.3, 0.4) is 0 Å². The number of piperidine rings is 1. The van der Waals surface area contributed by atoms with E-state index in [4.69, 9.17) is 16.3 Å². The molecule has 1 saturated heterocycles. The number of likely N-dealkylation sites (tertiary alicyclic amines) is 1. The van der Waals surface area contributed by atoms with Crippen LogP contribution in [0, 0.1) is 18.8 Å². The fraction of sp³-hybridized carbons (Fsp3) is 0.667. The molecule has 0 aliphatic carbocycles. The van der Waals surface area contributed by atoms with E-state index in [-0.39, 0.29) is 24.5 Å². The molecular formula is C21H32ClNO3. The van der Waals surface area contributed by atoms with Gasteiger partial charge in [-0.2, -0.15) is 0 Å². The average Bonchev–Trinajstić information content (AvgIpc) is 2.56. The van der Waals surface area contributed by atoms with Gasteiger partial charge < -0.3 is 9.84 Å². The lowest BCUT2D eigenvalue weighted by Gasteiger charge is -2.40. The molecule has 5 heteroatoms. The molecule has 1 fully saturated rings. The summed E-state index contributed by atoms with van der Waals surface area (Å²) < 4.78 is 5.51. The second-order valence-electron chi connectivity index (χ2n) is 8.48. The first-order valence-electron chi connectivity index (χ1n) is 9.43. The van der Waals surface area contributed by atoms with E-state index < -0.39 is 5.60 Å². The lowest BCUT2D eigenvalue weighted by molar-refractivity contribution is -0.162. The molecule has 26 heavy (non-hydrogen) atoms. The van der Waals surface area contributed by atoms with E-state index >= 15 is 0 Å². The number of hydrogen-bond acceptors (Lipinski definition) is 4. The van der Waals surface area contributed by atoms with Gasteiger partial charge in [0.05, 0.1) is 0 Å². The molecule has 1 N–H and O–H groups in total. The number of benzene rings is 1. The standard InChI is InChI=1S/C21H32ClNO3/c1-14-6-7-16(11-19(14)22)10-17-8-9-23(12-18(17)13-24)15(2)20(25)26-21(3,4)5/h6-7,11,15,17-18,24H,8-10,12-13H2,1-5H3/t15?,17?,18-/m0/s1. The summed E-state index contributed by atoms with van der Waals surface area (Å²) in [6, 6.07) is 5.90. The van der Waals surface area contributed by atoms with Crippen LogP contribution in [0.25, 0.3) is 0 Å². The molecule has 0 aromatic heterocycles. The maximum absolute atomic E-state index is 12.4. The number of aliphatic hydroxyl groups excluding tert-OH is 1. The summed E-state index contributed by atoms with van der Waals surface area (Å²) in [6.45, 7) is 11.2. The van der Waals surface area contributed by atoms with E-state index in [1.165, 1.54) is 5.56 Å². The molecule has 1 aromatic carbocycles. The highest BCUT2D eigenvalue weighted by Gasteiger charge is 2.34. The molecule has 1 aliphatic rings. The van der Waals surface area contributed by atoms with Gasteiger partial charge in [0.2, 0.25) is 0 Å². The smallest absolute Gasteiger partial charge is 0.323 e. The van der Waals surface area contributed by atoms with Crippen LogP contribution in [0.1, 0.15) is 45.2 Å². The van der Waals surface area contributed by atoms with Crippen LogP contribution in [-0.2, 0) is 16.0 Å². The number of ether oxygens (including phenoxy) is 1. The van der Waals surface area contributed by atoms with Crippen molar-refractivity contribution in [3.63, 3.8) is 0 Å². The van der Waals surface area contributed by atoms with E-state index in [2.05, 4.69) is 11.0 Å². The summed E-state index contributed by atoms with van der Waals surface area (Å²) in [5.41, 5.74) is 1.80. The Bertz CT molecular complexity index is 626. The van der Waals surface area contributed by atoms with Gasteiger partial charge in [-0.25, -0.2) is 0 Å². The maximum Gasteiger partial charge on any atom is 0.323 e. The van der Waals surface area contributed by atoms with Gasteiger partial charge in [0.15, 0.2) is 0 Å². The monoisotopic (exact) mass is 381 g/mol. The van der Waals surface area contributed by atoms with Crippen LogP contribution in [-0.4, -0.2) is 47.3 Å². The SMILES string of the molecule is Cc1ccc(CC2CCN(C(C)C(=O)OC(C)(C)C)C[C@H]2CO)cc1Cl. The molecule has 1 aliphatic heterocycles. The molecule has 3 atom stereocenters. The minimum Gasteiger partial charge on any atom is -0.459 e. The van der Waals surface area contributed by atoms with Crippen LogP contribution >= 0.6 is 11.6 Å². The van der Waals surface area contributed by atoms with Crippen LogP contribution < -0.4 is 0 Å². The normalized spacial score (nSPS) is 22.9. The Kier molecular flexibility index (Phi) is 7.12. The Labute approximate surface area is 162 Å². The molecule has 2 rings (SSSR count). The zero-order chi connectivity index (χ0) is 19.5. The topological polar surface area (TPSA) is 49.8 Å². The van der Waals surface area contributed by atoms with Crippen LogP contribution in [0.5, 0.6) is 0 Å². The maximum atomic E-state index is 12.4. The fourth-order valence-corrected chi connectivity index (χ4v) is 3.74. The van der Waals surface area contributed by atoms with Crippen molar-refractivity contribution in [3.05, 3.63) is 34.3 Å². The average molecular weight is 382 g/mol. The van der Waals surface area contributed by atoms with Crippen molar-refractivity contribution in [1.29, 1.82) is 0 Å². The van der Waals surface area contributed by atoms with Crippen LogP contribution in [0.15, 0.2) is 18.2 Å². The molecule has 0 amide bonds. The van der Waals surface area contributed by atoms with E-state index in [1.807, 2.05) is 46.8 Å². The molecule has 0 saturated carbocycles. The van der Waals surface area contributed by atoms with Gasteiger partial charge in [-0.15, -0.1) is 0 Å². The molecule has 1 aromatic rings. The number of carbonyl (C=O) groups is 1. The predicted octanol–water partition coefficient (Wildman–Crippen LogP) is 3.85. The molecule has 1 heterocycles. The number of aryl methyl sites for hydroxylation is 1. The second kappa shape index (κ2) is 8.73. The van der Waals surface area contributed by atoms with Gasteiger partial charge in [0.1, 0.15) is 11.6 Å². The van der Waals surface area contributed by atoms with E-state index in [1.54, 1.807) is 0 Å². The number of nitrogens with zero attached hydrogens (tertiary/aromatic N) is 1. The van der Waals surface area contributed by atoms with Crippen molar-refractivity contribution in [2.75, 3.05) is 19.7 Å². The molecule has 0 radical (unpaired) electrons. The quantitative estimate of drug-likeness (QED) is 0.787. The lowest BCUT2D eigenvalue weighted by Crippen LogP contribution is -2.50. The zero-order valence-electron chi connectivity index (χ0n) is 16.6. The lowest BCUT2D eigenvalue weighted by atomic mass is 9.81. The van der Waals surface area contributed by atoms with Gasteiger partial charge in [-0.3, -0.25) is 9.69 Å². The van der Waals surface area contributed by atoms with Gasteiger partial charge in [0, 0.05) is 18.2 Å². The minimum atomic E-state index is -0.481. The third-order valence-corrected chi connectivity index (χ3v) is 5.59. The van der Waals surface area contributed by atoms with Crippen molar-refractivity contribution >= 4 is 17.6 Å². The Morgan fingerprint density at radius 1 is 1.38 bits per heavy atom. The number of esters is 1. The number of rotatable bonds is 5. The third-order valence-electron chi connectivity index (χ3n) is 5.19. The summed E-state index contributed by atoms with van der Waals surface area (Å²) in [6.07, 6.45) is 1.85. The first kappa shape index (κ1) is 21.2. The first-order chi connectivity index (χ1) is 12.1. The van der Waals surface area contributed by atoms with Crippen molar-refractivity contribution in [3.8, 4) is 0 Å². The molecule has 4 nitrogen and oxygen atoms in total. The largest absolute Gasteiger partial charge is 0.459 e. The van der Waals surface area contributed by atoms with Crippen molar-refractivity contribution < 1.29 is 14.6 Å². The third kappa shape index (κ3) is 5.70. The van der Waals surface area contributed by atoms with Crippen LogP contribution in [0.4, 0.5) is 0 Å². The van der Waals surface area contributed by atoms with Crippen LogP contribution in [0.2, 0.25) is 5.02 Å². The van der Waals surface area contributed by atoms with Gasteiger partial charge in [-0.1, -0.05) is 23.7 Å². The summed E-state index contributed by atoms with van der Waals surface area (Å²) >= 11 is 6.25. The minimum absolute atomic E-state index is 0.127. The van der Waals surface area contributed by atoms with Gasteiger partial charge in [0.25, 0.3) is 0 Å². The van der Waals surface area contributed by atoms with Gasteiger partial charge >= 0.3 is 5.97 Å².